The molecule has 1 heterocycles. The van der Waals surface area contributed by atoms with Crippen molar-refractivity contribution in [1.29, 1.82) is 0 Å². The molecule has 0 saturated carbocycles. The molecule has 0 aromatic heterocycles. The maximum atomic E-state index is 12.9. The number of amides is 1. The number of anilines is 2. The first-order chi connectivity index (χ1) is 12.2. The lowest BCUT2D eigenvalue weighted by Crippen LogP contribution is -2.31. The second-order valence-corrected chi connectivity index (χ2v) is 8.56. The second-order valence-electron chi connectivity index (χ2n) is 6.59. The number of ketones is 1. The zero-order chi connectivity index (χ0) is 19.1. The molecule has 1 N–H and O–H groups in total. The smallest absolute Gasteiger partial charge is 0.292 e. The fraction of sp³-hybridized carbons (Fsp3) is 0.263. The Morgan fingerprint density at radius 1 is 1.04 bits per heavy atom. The van der Waals surface area contributed by atoms with Gasteiger partial charge in [-0.05, 0) is 47.4 Å². The number of carbonyl (C=O) groups excluding carboxylic acids is 2. The molecule has 0 unspecified atom stereocenters. The summed E-state index contributed by atoms with van der Waals surface area (Å²) in [7, 11) is -2.29. The van der Waals surface area contributed by atoms with Crippen LogP contribution in [0.25, 0.3) is 0 Å². The van der Waals surface area contributed by atoms with E-state index < -0.39 is 21.7 Å². The summed E-state index contributed by atoms with van der Waals surface area (Å²) in [5.74, 6) is -0.889. The molecular formula is C19H20N2O4S. The minimum Gasteiger partial charge on any atom is -0.319 e. The van der Waals surface area contributed by atoms with Gasteiger partial charge in [0.05, 0.1) is 10.6 Å². The van der Waals surface area contributed by atoms with Gasteiger partial charge in [0.15, 0.2) is 0 Å². The number of sulfonamides is 1. The largest absolute Gasteiger partial charge is 0.319 e. The van der Waals surface area contributed by atoms with E-state index in [1.54, 1.807) is 12.1 Å². The van der Waals surface area contributed by atoms with E-state index in [0.717, 1.165) is 5.56 Å². The van der Waals surface area contributed by atoms with Crippen LogP contribution in [0, 0.1) is 0 Å². The number of nitrogens with one attached hydrogen (secondary N) is 1. The fourth-order valence-corrected chi connectivity index (χ4v) is 4.06. The van der Waals surface area contributed by atoms with E-state index >= 15 is 0 Å². The molecule has 136 valence electrons. The molecule has 6 nitrogen and oxygen atoms in total. The van der Waals surface area contributed by atoms with E-state index in [0.29, 0.717) is 22.9 Å². The second kappa shape index (κ2) is 6.57. The first-order valence-electron chi connectivity index (χ1n) is 8.26. The lowest BCUT2D eigenvalue weighted by molar-refractivity contribution is -0.134. The van der Waals surface area contributed by atoms with E-state index in [2.05, 4.69) is 19.2 Å². The maximum absolute atomic E-state index is 12.9. The molecule has 0 radical (unpaired) electrons. The minimum absolute atomic E-state index is 0.0793. The fourth-order valence-electron chi connectivity index (χ4n) is 2.81. The molecule has 2 aromatic rings. The highest BCUT2D eigenvalue weighted by Crippen LogP contribution is 2.28. The van der Waals surface area contributed by atoms with Gasteiger partial charge in [-0.2, -0.15) is 0 Å². The van der Waals surface area contributed by atoms with E-state index in [9.17, 15) is 18.0 Å². The van der Waals surface area contributed by atoms with Crippen molar-refractivity contribution in [2.24, 2.45) is 0 Å². The standard InChI is InChI=1S/C19H20N2O4S/c1-12(2)13-4-6-15(7-5-13)21(3)26(24,25)16-8-9-17-14(10-16)11-18(22)19(23)20-17/h4-10,12H,11H2,1-3H3,(H,20,23). The first-order valence-corrected chi connectivity index (χ1v) is 9.70. The molecule has 0 bridgehead atoms. The van der Waals surface area contributed by atoms with Crippen LogP contribution >= 0.6 is 0 Å². The van der Waals surface area contributed by atoms with Crippen LogP contribution in [0.3, 0.4) is 0 Å². The Morgan fingerprint density at radius 2 is 1.69 bits per heavy atom. The summed E-state index contributed by atoms with van der Waals surface area (Å²) in [6, 6.07) is 11.8. The molecule has 0 atom stereocenters. The Morgan fingerprint density at radius 3 is 2.31 bits per heavy atom. The third-order valence-electron chi connectivity index (χ3n) is 4.51. The van der Waals surface area contributed by atoms with Crippen LogP contribution in [0.2, 0.25) is 0 Å². The maximum Gasteiger partial charge on any atom is 0.292 e. The molecule has 1 aliphatic heterocycles. The van der Waals surface area contributed by atoms with Crippen molar-refractivity contribution >= 4 is 33.1 Å². The molecule has 26 heavy (non-hydrogen) atoms. The summed E-state index contributed by atoms with van der Waals surface area (Å²) in [5.41, 5.74) is 2.65. The highest BCUT2D eigenvalue weighted by atomic mass is 32.2. The van der Waals surface area contributed by atoms with Crippen molar-refractivity contribution in [1.82, 2.24) is 0 Å². The van der Waals surface area contributed by atoms with Gasteiger partial charge in [0.25, 0.3) is 15.9 Å². The summed E-state index contributed by atoms with van der Waals surface area (Å²) < 4.78 is 27.1. The molecule has 3 rings (SSSR count). The normalized spacial score (nSPS) is 14.2. The summed E-state index contributed by atoms with van der Waals surface area (Å²) in [6.07, 6.45) is -0.0999. The third kappa shape index (κ3) is 3.22. The highest BCUT2D eigenvalue weighted by Gasteiger charge is 2.27. The van der Waals surface area contributed by atoms with Crippen LogP contribution in [-0.4, -0.2) is 27.2 Å². The van der Waals surface area contributed by atoms with Gasteiger partial charge in [-0.25, -0.2) is 8.42 Å². The molecule has 1 aliphatic rings. The molecule has 1 amide bonds. The monoisotopic (exact) mass is 372 g/mol. The Bertz CT molecular complexity index is 979. The van der Waals surface area contributed by atoms with Crippen molar-refractivity contribution < 1.29 is 18.0 Å². The van der Waals surface area contributed by atoms with Gasteiger partial charge in [-0.3, -0.25) is 13.9 Å². The molecule has 0 saturated heterocycles. The van der Waals surface area contributed by atoms with E-state index in [-0.39, 0.29) is 11.3 Å². The van der Waals surface area contributed by atoms with Crippen molar-refractivity contribution in [2.45, 2.75) is 31.1 Å². The van der Waals surface area contributed by atoms with Crippen molar-refractivity contribution in [3.63, 3.8) is 0 Å². The molecule has 7 heteroatoms. The van der Waals surface area contributed by atoms with Gasteiger partial charge in [-0.1, -0.05) is 26.0 Å². The Kier molecular flexibility index (Phi) is 4.58. The quantitative estimate of drug-likeness (QED) is 0.837. The Labute approximate surface area is 152 Å². The van der Waals surface area contributed by atoms with Gasteiger partial charge < -0.3 is 5.32 Å². The van der Waals surface area contributed by atoms with Crippen LogP contribution in [0.4, 0.5) is 11.4 Å². The van der Waals surface area contributed by atoms with Crippen molar-refractivity contribution in [2.75, 3.05) is 16.7 Å². The number of hydrogen-bond donors (Lipinski definition) is 1. The Balaban J connectivity index is 1.94. The van der Waals surface area contributed by atoms with Crippen LogP contribution < -0.4 is 9.62 Å². The topological polar surface area (TPSA) is 83.6 Å². The lowest BCUT2D eigenvalue weighted by Gasteiger charge is -2.22. The number of nitrogens with zero attached hydrogens (tertiary/aromatic N) is 1. The first kappa shape index (κ1) is 18.1. The van der Waals surface area contributed by atoms with E-state index in [1.807, 2.05) is 12.1 Å². The lowest BCUT2D eigenvalue weighted by atomic mass is 10.0. The number of rotatable bonds is 4. The van der Waals surface area contributed by atoms with Gasteiger partial charge in [0, 0.05) is 19.2 Å². The van der Waals surface area contributed by atoms with Gasteiger partial charge in [0.2, 0.25) is 5.78 Å². The molecule has 0 spiro atoms. The minimum atomic E-state index is -3.78. The molecule has 2 aromatic carbocycles. The average Bonchev–Trinajstić information content (AvgIpc) is 2.61. The van der Waals surface area contributed by atoms with Crippen LogP contribution in [0.1, 0.15) is 30.9 Å². The van der Waals surface area contributed by atoms with Crippen molar-refractivity contribution in [3.8, 4) is 0 Å². The number of carbonyl (C=O) groups is 2. The zero-order valence-electron chi connectivity index (χ0n) is 14.8. The van der Waals surface area contributed by atoms with Gasteiger partial charge >= 0.3 is 0 Å². The summed E-state index contributed by atoms with van der Waals surface area (Å²) in [5, 5.41) is 2.47. The Hall–Kier alpha value is -2.67. The SMILES string of the molecule is CC(C)c1ccc(N(C)S(=O)(=O)c2ccc3c(c2)CC(=O)C(=O)N3)cc1. The number of Topliss-reactive ketones (excluding diaryl/α,β-unsaturated/α-hetero) is 1. The number of fused-ring (bicyclic) bond motifs is 1. The zero-order valence-corrected chi connectivity index (χ0v) is 15.6. The van der Waals surface area contributed by atoms with Crippen LogP contribution in [-0.2, 0) is 26.0 Å². The highest BCUT2D eigenvalue weighted by molar-refractivity contribution is 7.92. The van der Waals surface area contributed by atoms with Crippen LogP contribution in [0.5, 0.6) is 0 Å². The molecular weight excluding hydrogens is 352 g/mol. The summed E-state index contributed by atoms with van der Waals surface area (Å²) >= 11 is 0. The molecule has 0 aliphatic carbocycles. The summed E-state index contributed by atoms with van der Waals surface area (Å²) in [4.78, 5) is 23.1. The van der Waals surface area contributed by atoms with E-state index in [1.165, 1.54) is 29.6 Å². The molecule has 0 fully saturated rings. The van der Waals surface area contributed by atoms with E-state index in [4.69, 9.17) is 0 Å². The van der Waals surface area contributed by atoms with Crippen LogP contribution in [0.15, 0.2) is 47.4 Å². The van der Waals surface area contributed by atoms with Crippen molar-refractivity contribution in [3.05, 3.63) is 53.6 Å². The average molecular weight is 372 g/mol. The van der Waals surface area contributed by atoms with Gasteiger partial charge in [0.1, 0.15) is 0 Å². The predicted molar refractivity (Wildman–Crippen MR) is 99.9 cm³/mol. The number of hydrogen-bond acceptors (Lipinski definition) is 4. The third-order valence-corrected chi connectivity index (χ3v) is 6.29. The number of benzene rings is 2. The summed E-state index contributed by atoms with van der Waals surface area (Å²) in [6.45, 7) is 4.14. The predicted octanol–water partition coefficient (Wildman–Crippen LogP) is 2.70. The van der Waals surface area contributed by atoms with Gasteiger partial charge in [-0.15, -0.1) is 0 Å².